The molecule has 0 aliphatic carbocycles. The first-order valence-corrected chi connectivity index (χ1v) is 8.48. The van der Waals surface area contributed by atoms with Gasteiger partial charge < -0.3 is 4.74 Å². The summed E-state index contributed by atoms with van der Waals surface area (Å²) in [6, 6.07) is 10.2. The average molecular weight is 321 g/mol. The summed E-state index contributed by atoms with van der Waals surface area (Å²) in [5.74, 6) is 1.28. The fourth-order valence-electron chi connectivity index (χ4n) is 2.58. The van der Waals surface area contributed by atoms with Crippen LogP contribution < -0.4 is 9.30 Å². The number of rotatable bonds is 4. The zero-order valence-electron chi connectivity index (χ0n) is 12.3. The minimum absolute atomic E-state index is 0.476. The highest BCUT2D eigenvalue weighted by Gasteiger charge is 2.30. The Labute approximate surface area is 135 Å². The summed E-state index contributed by atoms with van der Waals surface area (Å²) in [6.45, 7) is 5.91. The Bertz CT molecular complexity index is 632. The fraction of sp³-hybridized carbons (Fsp3) is 0.353. The molecule has 1 aromatic heterocycles. The van der Waals surface area contributed by atoms with Gasteiger partial charge in [-0.05, 0) is 23.6 Å². The molecule has 0 saturated heterocycles. The van der Waals surface area contributed by atoms with E-state index < -0.39 is 0 Å². The maximum Gasteiger partial charge on any atom is 0.182 e. The van der Waals surface area contributed by atoms with Crippen LogP contribution in [0.4, 0.5) is 0 Å². The molecule has 0 fully saturated rings. The second-order valence-electron chi connectivity index (χ2n) is 5.36. The number of thioether (sulfide) groups is 1. The summed E-state index contributed by atoms with van der Waals surface area (Å²) in [5.41, 5.74) is 1.25. The molecule has 2 aromatic rings. The van der Waals surface area contributed by atoms with E-state index in [2.05, 4.69) is 24.5 Å². The van der Waals surface area contributed by atoms with Crippen LogP contribution in [0, 0.1) is 0 Å². The van der Waals surface area contributed by atoms with Crippen LogP contribution in [-0.2, 0) is 6.54 Å². The van der Waals surface area contributed by atoms with E-state index >= 15 is 0 Å². The van der Waals surface area contributed by atoms with Crippen molar-refractivity contribution in [3.05, 3.63) is 53.3 Å². The van der Waals surface area contributed by atoms with Gasteiger partial charge in [0.05, 0.1) is 5.02 Å². The van der Waals surface area contributed by atoms with Gasteiger partial charge in [0, 0.05) is 22.3 Å². The van der Waals surface area contributed by atoms with Gasteiger partial charge >= 0.3 is 0 Å². The molecule has 21 heavy (non-hydrogen) atoms. The van der Waals surface area contributed by atoms with Crippen LogP contribution >= 0.6 is 23.4 Å². The second-order valence-corrected chi connectivity index (χ2v) is 7.16. The molecule has 0 radical (unpaired) electrons. The van der Waals surface area contributed by atoms with Gasteiger partial charge in [0.1, 0.15) is 12.4 Å². The van der Waals surface area contributed by atoms with Gasteiger partial charge in [0.15, 0.2) is 18.9 Å². The van der Waals surface area contributed by atoms with Gasteiger partial charge in [0.2, 0.25) is 0 Å². The molecule has 2 unspecified atom stereocenters. The van der Waals surface area contributed by atoms with Crippen molar-refractivity contribution < 1.29 is 9.30 Å². The van der Waals surface area contributed by atoms with Gasteiger partial charge in [-0.3, -0.25) is 0 Å². The standard InChI is InChI=1S/C17H19ClNOS/c1-12-13(2)21-15-7-6-14(17(18)16(12)15)20-11-10-19-8-4-3-5-9-19/h3-9,12-13H,10-11H2,1-2H3/q+1. The van der Waals surface area contributed by atoms with Crippen molar-refractivity contribution in [2.75, 3.05) is 6.61 Å². The highest BCUT2D eigenvalue weighted by atomic mass is 35.5. The number of ether oxygens (including phenoxy) is 1. The van der Waals surface area contributed by atoms with Crippen molar-refractivity contribution >= 4 is 23.4 Å². The number of hydrogen-bond donors (Lipinski definition) is 0. The lowest BCUT2D eigenvalue weighted by Gasteiger charge is -2.13. The zero-order valence-corrected chi connectivity index (χ0v) is 13.8. The molecule has 1 aliphatic rings. The molecule has 2 nitrogen and oxygen atoms in total. The Morgan fingerprint density at radius 2 is 1.95 bits per heavy atom. The molecular formula is C17H19ClNOS+. The number of benzene rings is 1. The van der Waals surface area contributed by atoms with E-state index in [1.165, 1.54) is 10.5 Å². The summed E-state index contributed by atoms with van der Waals surface area (Å²) < 4.78 is 7.99. The molecular weight excluding hydrogens is 302 g/mol. The highest BCUT2D eigenvalue weighted by Crippen LogP contribution is 2.50. The van der Waals surface area contributed by atoms with Gasteiger partial charge in [-0.25, -0.2) is 4.57 Å². The topological polar surface area (TPSA) is 13.1 Å². The number of hydrogen-bond acceptors (Lipinski definition) is 2. The molecule has 0 amide bonds. The van der Waals surface area contributed by atoms with Crippen LogP contribution in [0.15, 0.2) is 47.6 Å². The largest absolute Gasteiger partial charge is 0.485 e. The smallest absolute Gasteiger partial charge is 0.182 e. The summed E-state index contributed by atoms with van der Waals surface area (Å²) in [6.07, 6.45) is 4.07. The third-order valence-electron chi connectivity index (χ3n) is 3.96. The first-order valence-electron chi connectivity index (χ1n) is 7.22. The predicted molar refractivity (Wildman–Crippen MR) is 87.3 cm³/mol. The van der Waals surface area contributed by atoms with Gasteiger partial charge in [-0.1, -0.05) is 31.5 Å². The van der Waals surface area contributed by atoms with E-state index in [1.54, 1.807) is 0 Å². The number of aromatic nitrogens is 1. The van der Waals surface area contributed by atoms with E-state index in [9.17, 15) is 0 Å². The van der Waals surface area contributed by atoms with Crippen LogP contribution in [0.2, 0.25) is 5.02 Å². The first-order chi connectivity index (χ1) is 10.2. The Balaban J connectivity index is 1.70. The van der Waals surface area contributed by atoms with Crippen LogP contribution in [0.3, 0.4) is 0 Å². The molecule has 1 aromatic carbocycles. The Morgan fingerprint density at radius 1 is 1.19 bits per heavy atom. The van der Waals surface area contributed by atoms with Crippen molar-refractivity contribution in [2.45, 2.75) is 36.5 Å². The molecule has 1 aliphatic heterocycles. The molecule has 0 bridgehead atoms. The lowest BCUT2D eigenvalue weighted by molar-refractivity contribution is -0.697. The van der Waals surface area contributed by atoms with Gasteiger partial charge in [0.25, 0.3) is 0 Å². The Kier molecular flexibility index (Phi) is 4.41. The minimum Gasteiger partial charge on any atom is -0.485 e. The molecule has 0 saturated carbocycles. The van der Waals surface area contributed by atoms with Crippen molar-refractivity contribution in [1.82, 2.24) is 0 Å². The summed E-state index contributed by atoms with van der Waals surface area (Å²) in [5, 5.41) is 1.36. The molecule has 0 N–H and O–H groups in total. The summed E-state index contributed by atoms with van der Waals surface area (Å²) >= 11 is 8.45. The first kappa shape index (κ1) is 14.7. The minimum atomic E-state index is 0.476. The number of fused-ring (bicyclic) bond motifs is 1. The monoisotopic (exact) mass is 320 g/mol. The summed E-state index contributed by atoms with van der Waals surface area (Å²) in [7, 11) is 0. The lowest BCUT2D eigenvalue weighted by atomic mass is 9.98. The van der Waals surface area contributed by atoms with Crippen LogP contribution in [-0.4, -0.2) is 11.9 Å². The highest BCUT2D eigenvalue weighted by molar-refractivity contribution is 8.00. The van der Waals surface area contributed by atoms with E-state index in [1.807, 2.05) is 48.4 Å². The van der Waals surface area contributed by atoms with Crippen LogP contribution in [0.25, 0.3) is 0 Å². The molecule has 4 heteroatoms. The van der Waals surface area contributed by atoms with Crippen molar-refractivity contribution in [1.29, 1.82) is 0 Å². The van der Waals surface area contributed by atoms with Crippen molar-refractivity contribution in [3.63, 3.8) is 0 Å². The van der Waals surface area contributed by atoms with E-state index in [0.29, 0.717) is 17.8 Å². The lowest BCUT2D eigenvalue weighted by Crippen LogP contribution is -2.35. The number of halogens is 1. The molecule has 3 rings (SSSR count). The third-order valence-corrected chi connectivity index (χ3v) is 5.74. The molecule has 2 heterocycles. The molecule has 110 valence electrons. The summed E-state index contributed by atoms with van der Waals surface area (Å²) in [4.78, 5) is 1.30. The van der Waals surface area contributed by atoms with Crippen LogP contribution in [0.5, 0.6) is 5.75 Å². The van der Waals surface area contributed by atoms with E-state index in [0.717, 1.165) is 17.3 Å². The maximum absolute atomic E-state index is 6.55. The van der Waals surface area contributed by atoms with Crippen LogP contribution in [0.1, 0.15) is 25.3 Å². The fourth-order valence-corrected chi connectivity index (χ4v) is 4.32. The van der Waals surface area contributed by atoms with Gasteiger partial charge in [-0.15, -0.1) is 11.8 Å². The SMILES string of the molecule is CC1Sc2ccc(OCC[n+]3ccccc3)c(Cl)c2C1C. The third kappa shape index (κ3) is 3.04. The number of nitrogens with zero attached hydrogens (tertiary/aromatic N) is 1. The van der Waals surface area contributed by atoms with E-state index in [4.69, 9.17) is 16.3 Å². The second kappa shape index (κ2) is 6.29. The zero-order chi connectivity index (χ0) is 14.8. The average Bonchev–Trinajstić information content (AvgIpc) is 2.78. The molecule has 2 atom stereocenters. The number of pyridine rings is 1. The normalized spacial score (nSPS) is 20.3. The Morgan fingerprint density at radius 3 is 2.71 bits per heavy atom. The maximum atomic E-state index is 6.55. The van der Waals surface area contributed by atoms with E-state index in [-0.39, 0.29) is 0 Å². The Hall–Kier alpha value is -1.19. The molecule has 0 spiro atoms. The quantitative estimate of drug-likeness (QED) is 0.779. The van der Waals surface area contributed by atoms with Crippen molar-refractivity contribution in [2.24, 2.45) is 0 Å². The predicted octanol–water partition coefficient (Wildman–Crippen LogP) is 4.30. The van der Waals surface area contributed by atoms with Gasteiger partial charge in [-0.2, -0.15) is 0 Å². The van der Waals surface area contributed by atoms with Crippen molar-refractivity contribution in [3.8, 4) is 5.75 Å².